The van der Waals surface area contributed by atoms with E-state index >= 15 is 0 Å². The first kappa shape index (κ1) is 19.9. The number of carbonyl (C=O) groups excluding carboxylic acids is 1. The Hall–Kier alpha value is -3.42. The fourth-order valence-electron chi connectivity index (χ4n) is 4.34. The number of carbonyl (C=O) groups is 1. The van der Waals surface area contributed by atoms with Crippen molar-refractivity contribution in [3.63, 3.8) is 0 Å². The molecule has 156 valence electrons. The number of nitro benzene ring substituents is 1. The number of rotatable bonds is 5. The van der Waals surface area contributed by atoms with Crippen molar-refractivity contribution in [2.24, 2.45) is 0 Å². The van der Waals surface area contributed by atoms with Crippen LogP contribution in [0.25, 0.3) is 11.0 Å². The first-order chi connectivity index (χ1) is 14.5. The molecule has 0 saturated carbocycles. The lowest BCUT2D eigenvalue weighted by atomic mass is 10.0. The number of hydrogen-bond acceptors (Lipinski definition) is 5. The summed E-state index contributed by atoms with van der Waals surface area (Å²) in [6, 6.07) is 13.2. The minimum Gasteiger partial charge on any atom is -0.366 e. The molecule has 2 aromatic carbocycles. The molecule has 1 N–H and O–H groups in total. The van der Waals surface area contributed by atoms with Crippen molar-refractivity contribution in [1.82, 2.24) is 14.9 Å². The SMILES string of the molecule is CCc1nc2ccccc2n1C1CCN(c2ccc(C(=O)NC)cc2[N+](=O)[O-])CC1. The van der Waals surface area contributed by atoms with Gasteiger partial charge in [0.15, 0.2) is 0 Å². The number of piperidine rings is 1. The third-order valence-electron chi connectivity index (χ3n) is 5.82. The van der Waals surface area contributed by atoms with Crippen LogP contribution in [-0.4, -0.2) is 40.5 Å². The highest BCUT2D eigenvalue weighted by atomic mass is 16.6. The standard InChI is InChI=1S/C22H25N5O3/c1-3-21-24-17-6-4-5-7-18(17)26(21)16-10-12-25(13-11-16)19-9-8-15(22(28)23-2)14-20(19)27(29)30/h4-9,14,16H,3,10-13H2,1-2H3,(H,23,28). The van der Waals surface area contributed by atoms with Gasteiger partial charge in [-0.1, -0.05) is 19.1 Å². The molecule has 3 aromatic rings. The summed E-state index contributed by atoms with van der Waals surface area (Å²) in [5.41, 5.74) is 2.99. The number of para-hydroxylation sites is 2. The number of amides is 1. The molecule has 1 fully saturated rings. The molecule has 1 aliphatic rings. The van der Waals surface area contributed by atoms with Gasteiger partial charge in [-0.3, -0.25) is 14.9 Å². The van der Waals surface area contributed by atoms with Crippen LogP contribution in [-0.2, 0) is 6.42 Å². The van der Waals surface area contributed by atoms with Crippen molar-refractivity contribution in [2.45, 2.75) is 32.2 Å². The first-order valence-electron chi connectivity index (χ1n) is 10.2. The van der Waals surface area contributed by atoms with Crippen LogP contribution in [0.5, 0.6) is 0 Å². The summed E-state index contributed by atoms with van der Waals surface area (Å²) in [6.45, 7) is 3.53. The number of nitrogens with zero attached hydrogens (tertiary/aromatic N) is 4. The molecule has 30 heavy (non-hydrogen) atoms. The number of nitrogens with one attached hydrogen (secondary N) is 1. The second-order valence-corrected chi connectivity index (χ2v) is 7.50. The summed E-state index contributed by atoms with van der Waals surface area (Å²) >= 11 is 0. The van der Waals surface area contributed by atoms with Gasteiger partial charge >= 0.3 is 0 Å². The second-order valence-electron chi connectivity index (χ2n) is 7.50. The maximum Gasteiger partial charge on any atom is 0.293 e. The van der Waals surface area contributed by atoms with Gasteiger partial charge in [-0.2, -0.15) is 0 Å². The molecule has 0 unspecified atom stereocenters. The van der Waals surface area contributed by atoms with Crippen LogP contribution < -0.4 is 10.2 Å². The number of aromatic nitrogens is 2. The van der Waals surface area contributed by atoms with Crippen LogP contribution in [0.4, 0.5) is 11.4 Å². The molecule has 0 bridgehead atoms. The van der Waals surface area contributed by atoms with Crippen LogP contribution in [0, 0.1) is 10.1 Å². The lowest BCUT2D eigenvalue weighted by molar-refractivity contribution is -0.384. The summed E-state index contributed by atoms with van der Waals surface area (Å²) in [6.07, 6.45) is 2.62. The Balaban J connectivity index is 1.59. The number of fused-ring (bicyclic) bond motifs is 1. The molecular formula is C22H25N5O3. The number of anilines is 1. The summed E-state index contributed by atoms with van der Waals surface area (Å²) in [5, 5.41) is 14.2. The van der Waals surface area contributed by atoms with E-state index in [1.54, 1.807) is 12.1 Å². The average Bonchev–Trinajstić information content (AvgIpc) is 3.17. The third-order valence-corrected chi connectivity index (χ3v) is 5.82. The Bertz CT molecular complexity index is 1100. The zero-order valence-corrected chi connectivity index (χ0v) is 17.2. The Kier molecular flexibility index (Phi) is 5.39. The highest BCUT2D eigenvalue weighted by molar-refractivity contribution is 5.95. The molecule has 1 aromatic heterocycles. The number of aryl methyl sites for hydroxylation is 1. The van der Waals surface area contributed by atoms with Gasteiger partial charge in [0, 0.05) is 44.2 Å². The molecule has 8 nitrogen and oxygen atoms in total. The molecule has 0 spiro atoms. The van der Waals surface area contributed by atoms with Crippen molar-refractivity contribution in [1.29, 1.82) is 0 Å². The predicted octanol–water partition coefficient (Wildman–Crippen LogP) is 3.71. The van der Waals surface area contributed by atoms with E-state index in [-0.39, 0.29) is 11.6 Å². The van der Waals surface area contributed by atoms with Gasteiger partial charge in [0.25, 0.3) is 11.6 Å². The Morgan fingerprint density at radius 2 is 1.97 bits per heavy atom. The van der Waals surface area contributed by atoms with Crippen molar-refractivity contribution in [2.75, 3.05) is 25.0 Å². The van der Waals surface area contributed by atoms with Crippen LogP contribution in [0.2, 0.25) is 0 Å². The zero-order valence-electron chi connectivity index (χ0n) is 17.2. The number of nitro groups is 1. The maximum atomic E-state index is 11.9. The summed E-state index contributed by atoms with van der Waals surface area (Å²) in [7, 11) is 1.51. The van der Waals surface area contributed by atoms with Crippen molar-refractivity contribution in [3.05, 3.63) is 64.0 Å². The monoisotopic (exact) mass is 407 g/mol. The van der Waals surface area contributed by atoms with Gasteiger partial charge in [0.1, 0.15) is 11.5 Å². The van der Waals surface area contributed by atoms with Crippen LogP contribution in [0.1, 0.15) is 42.0 Å². The van der Waals surface area contributed by atoms with Gasteiger partial charge in [-0.05, 0) is 37.1 Å². The van der Waals surface area contributed by atoms with E-state index in [4.69, 9.17) is 4.98 Å². The third kappa shape index (κ3) is 3.49. The molecular weight excluding hydrogens is 382 g/mol. The lowest BCUT2D eigenvalue weighted by Crippen LogP contribution is -2.35. The molecule has 2 heterocycles. The lowest BCUT2D eigenvalue weighted by Gasteiger charge is -2.34. The number of hydrogen-bond donors (Lipinski definition) is 1. The van der Waals surface area contributed by atoms with Crippen LogP contribution >= 0.6 is 0 Å². The Morgan fingerprint density at radius 3 is 2.63 bits per heavy atom. The molecule has 0 atom stereocenters. The summed E-state index contributed by atoms with van der Waals surface area (Å²) in [4.78, 5) is 29.9. The highest BCUT2D eigenvalue weighted by Crippen LogP contribution is 2.35. The van der Waals surface area contributed by atoms with E-state index in [1.807, 2.05) is 23.1 Å². The minimum absolute atomic E-state index is 0.0307. The highest BCUT2D eigenvalue weighted by Gasteiger charge is 2.28. The summed E-state index contributed by atoms with van der Waals surface area (Å²) < 4.78 is 2.34. The minimum atomic E-state index is -0.410. The number of imidazole rings is 1. The Labute approximate surface area is 174 Å². The van der Waals surface area contributed by atoms with Gasteiger partial charge in [-0.25, -0.2) is 4.98 Å². The maximum absolute atomic E-state index is 11.9. The van der Waals surface area contributed by atoms with E-state index < -0.39 is 4.92 Å². The second kappa shape index (κ2) is 8.14. The van der Waals surface area contributed by atoms with Crippen LogP contribution in [0.15, 0.2) is 42.5 Å². The molecule has 4 rings (SSSR count). The fraction of sp³-hybridized carbons (Fsp3) is 0.364. The molecule has 1 saturated heterocycles. The van der Waals surface area contributed by atoms with Gasteiger partial charge in [0.05, 0.1) is 16.0 Å². The normalized spacial score (nSPS) is 14.8. The van der Waals surface area contributed by atoms with E-state index in [1.165, 1.54) is 13.1 Å². The van der Waals surface area contributed by atoms with Crippen molar-refractivity contribution < 1.29 is 9.72 Å². The topological polar surface area (TPSA) is 93.3 Å². The van der Waals surface area contributed by atoms with E-state index in [0.29, 0.717) is 30.4 Å². The molecule has 0 radical (unpaired) electrons. The van der Waals surface area contributed by atoms with Crippen LogP contribution in [0.3, 0.4) is 0 Å². The van der Waals surface area contributed by atoms with Crippen molar-refractivity contribution in [3.8, 4) is 0 Å². The smallest absolute Gasteiger partial charge is 0.293 e. The Morgan fingerprint density at radius 1 is 1.23 bits per heavy atom. The van der Waals surface area contributed by atoms with Gasteiger partial charge in [0.2, 0.25) is 0 Å². The molecule has 0 aliphatic carbocycles. The van der Waals surface area contributed by atoms with E-state index in [0.717, 1.165) is 36.1 Å². The average molecular weight is 407 g/mol. The largest absolute Gasteiger partial charge is 0.366 e. The molecule has 8 heteroatoms. The molecule has 1 amide bonds. The molecule has 1 aliphatic heterocycles. The first-order valence-corrected chi connectivity index (χ1v) is 10.2. The summed E-state index contributed by atoms with van der Waals surface area (Å²) in [5.74, 6) is 0.748. The van der Waals surface area contributed by atoms with Crippen molar-refractivity contribution >= 4 is 28.3 Å². The quantitative estimate of drug-likeness (QED) is 0.514. The van der Waals surface area contributed by atoms with Gasteiger partial charge < -0.3 is 14.8 Å². The van der Waals surface area contributed by atoms with E-state index in [9.17, 15) is 14.9 Å². The zero-order chi connectivity index (χ0) is 21.3. The predicted molar refractivity (Wildman–Crippen MR) is 116 cm³/mol. The van der Waals surface area contributed by atoms with Gasteiger partial charge in [-0.15, -0.1) is 0 Å². The number of benzene rings is 2. The van der Waals surface area contributed by atoms with E-state index in [2.05, 4.69) is 22.9 Å². The fourth-order valence-corrected chi connectivity index (χ4v) is 4.34.